The van der Waals surface area contributed by atoms with Crippen LogP contribution in [-0.4, -0.2) is 11.6 Å². The summed E-state index contributed by atoms with van der Waals surface area (Å²) in [6.45, 7) is 3.43. The highest BCUT2D eigenvalue weighted by Crippen LogP contribution is 2.29. The van der Waals surface area contributed by atoms with Gasteiger partial charge in [-0.1, -0.05) is 36.3 Å². The van der Waals surface area contributed by atoms with Gasteiger partial charge in [-0.05, 0) is 41.8 Å². The molecule has 0 bridgehead atoms. The highest BCUT2D eigenvalue weighted by atomic mass is 19.4. The minimum atomic E-state index is -4.35. The topological polar surface area (TPSA) is 50.7 Å². The van der Waals surface area contributed by atoms with Crippen LogP contribution in [0.15, 0.2) is 53.7 Å². The Morgan fingerprint density at radius 2 is 1.69 bits per heavy atom. The smallest absolute Gasteiger partial charge is 0.391 e. The number of hydrogen-bond donors (Lipinski definition) is 1. The monoisotopic (exact) mass is 364 g/mol. The normalized spacial score (nSPS) is 12.0. The number of anilines is 1. The quantitative estimate of drug-likeness (QED) is 0.580. The van der Waals surface area contributed by atoms with Crippen molar-refractivity contribution >= 4 is 17.3 Å². The van der Waals surface area contributed by atoms with Gasteiger partial charge in [0.05, 0.1) is 11.3 Å². The van der Waals surface area contributed by atoms with E-state index in [2.05, 4.69) is 10.5 Å². The maximum Gasteiger partial charge on any atom is 0.416 e. The zero-order valence-electron chi connectivity index (χ0n) is 14.4. The lowest BCUT2D eigenvalue weighted by Gasteiger charge is -2.08. The van der Waals surface area contributed by atoms with Crippen LogP contribution in [0.3, 0.4) is 0 Å². The van der Waals surface area contributed by atoms with Crippen molar-refractivity contribution in [3.8, 4) is 0 Å². The third kappa shape index (κ3) is 5.61. The Morgan fingerprint density at radius 3 is 2.19 bits per heavy atom. The van der Waals surface area contributed by atoms with Gasteiger partial charge in [0.15, 0.2) is 0 Å². The zero-order chi connectivity index (χ0) is 19.2. The second kappa shape index (κ2) is 8.51. The second-order valence-electron chi connectivity index (χ2n) is 5.62. The first-order valence-corrected chi connectivity index (χ1v) is 8.02. The molecule has 0 fully saturated rings. The SMILES string of the molecule is CCC(=NOCc1ccc(C(F)(F)F)cc1)c1ccc(NC(C)=O)cc1. The van der Waals surface area contributed by atoms with Crippen molar-refractivity contribution in [1.82, 2.24) is 0 Å². The molecule has 0 radical (unpaired) electrons. The van der Waals surface area contributed by atoms with E-state index in [1.54, 1.807) is 12.1 Å². The van der Waals surface area contributed by atoms with Crippen LogP contribution in [0, 0.1) is 0 Å². The first-order valence-electron chi connectivity index (χ1n) is 8.02. The van der Waals surface area contributed by atoms with E-state index in [0.29, 0.717) is 23.4 Å². The summed E-state index contributed by atoms with van der Waals surface area (Å²) in [6.07, 6.45) is -3.73. The van der Waals surface area contributed by atoms with Gasteiger partial charge in [-0.3, -0.25) is 4.79 Å². The van der Waals surface area contributed by atoms with Crippen LogP contribution in [0.5, 0.6) is 0 Å². The van der Waals surface area contributed by atoms with Gasteiger partial charge in [0.1, 0.15) is 6.61 Å². The lowest BCUT2D eigenvalue weighted by atomic mass is 10.1. The third-order valence-corrected chi connectivity index (χ3v) is 3.56. The van der Waals surface area contributed by atoms with Crippen LogP contribution in [0.2, 0.25) is 0 Å². The van der Waals surface area contributed by atoms with Crippen molar-refractivity contribution in [1.29, 1.82) is 0 Å². The molecule has 7 heteroatoms. The number of halogens is 3. The number of carbonyl (C=O) groups excluding carboxylic acids is 1. The Hall–Kier alpha value is -2.83. The molecule has 0 atom stereocenters. The van der Waals surface area contributed by atoms with E-state index in [-0.39, 0.29) is 12.5 Å². The van der Waals surface area contributed by atoms with E-state index in [1.165, 1.54) is 19.1 Å². The lowest BCUT2D eigenvalue weighted by molar-refractivity contribution is -0.137. The van der Waals surface area contributed by atoms with Gasteiger partial charge >= 0.3 is 6.18 Å². The molecule has 0 saturated heterocycles. The van der Waals surface area contributed by atoms with Crippen molar-refractivity contribution in [3.05, 3.63) is 65.2 Å². The summed E-state index contributed by atoms with van der Waals surface area (Å²) in [5, 5.41) is 6.76. The van der Waals surface area contributed by atoms with Crippen molar-refractivity contribution in [2.24, 2.45) is 5.16 Å². The van der Waals surface area contributed by atoms with Gasteiger partial charge in [-0.15, -0.1) is 0 Å². The minimum absolute atomic E-state index is 0.0750. The van der Waals surface area contributed by atoms with Crippen LogP contribution in [0.1, 0.15) is 37.0 Å². The van der Waals surface area contributed by atoms with E-state index in [4.69, 9.17) is 4.84 Å². The van der Waals surface area contributed by atoms with E-state index < -0.39 is 11.7 Å². The molecule has 2 aromatic carbocycles. The molecule has 0 spiro atoms. The number of hydrogen-bond acceptors (Lipinski definition) is 3. The van der Waals surface area contributed by atoms with Crippen LogP contribution in [0.4, 0.5) is 18.9 Å². The zero-order valence-corrected chi connectivity index (χ0v) is 14.4. The highest BCUT2D eigenvalue weighted by Gasteiger charge is 2.29. The molecule has 0 aliphatic carbocycles. The first kappa shape index (κ1) is 19.5. The molecular weight excluding hydrogens is 345 g/mol. The molecule has 0 aliphatic heterocycles. The molecule has 0 heterocycles. The summed E-state index contributed by atoms with van der Waals surface area (Å²) < 4.78 is 37.6. The molecule has 2 aromatic rings. The summed E-state index contributed by atoms with van der Waals surface area (Å²) in [4.78, 5) is 16.3. The Labute approximate surface area is 149 Å². The Bertz CT molecular complexity index is 767. The average molecular weight is 364 g/mol. The van der Waals surface area contributed by atoms with Crippen molar-refractivity contribution in [3.63, 3.8) is 0 Å². The summed E-state index contributed by atoms with van der Waals surface area (Å²) >= 11 is 0. The van der Waals surface area contributed by atoms with Gasteiger partial charge < -0.3 is 10.2 Å². The van der Waals surface area contributed by atoms with Gasteiger partial charge in [0.2, 0.25) is 5.91 Å². The molecule has 1 N–H and O–H groups in total. The predicted octanol–water partition coefficient (Wildman–Crippen LogP) is 4.99. The molecular formula is C19H19F3N2O2. The molecule has 4 nitrogen and oxygen atoms in total. The van der Waals surface area contributed by atoms with E-state index in [9.17, 15) is 18.0 Å². The second-order valence-corrected chi connectivity index (χ2v) is 5.62. The predicted molar refractivity (Wildman–Crippen MR) is 93.8 cm³/mol. The van der Waals surface area contributed by atoms with Gasteiger partial charge in [-0.25, -0.2) is 0 Å². The molecule has 138 valence electrons. The highest BCUT2D eigenvalue weighted by molar-refractivity contribution is 6.00. The fourth-order valence-electron chi connectivity index (χ4n) is 2.25. The number of nitrogens with zero attached hydrogens (tertiary/aromatic N) is 1. The maximum atomic E-state index is 12.5. The number of carbonyl (C=O) groups is 1. The molecule has 0 saturated carbocycles. The van der Waals surface area contributed by atoms with Crippen LogP contribution >= 0.6 is 0 Å². The summed E-state index contributed by atoms with van der Waals surface area (Å²) in [5.41, 5.74) is 2.12. The van der Waals surface area contributed by atoms with Gasteiger partial charge in [-0.2, -0.15) is 13.2 Å². The number of nitrogens with one attached hydrogen (secondary N) is 1. The molecule has 2 rings (SSSR count). The molecule has 1 amide bonds. The fourth-order valence-corrected chi connectivity index (χ4v) is 2.25. The summed E-state index contributed by atoms with van der Waals surface area (Å²) in [5.74, 6) is -0.151. The fraction of sp³-hybridized carbons (Fsp3) is 0.263. The average Bonchev–Trinajstić information content (AvgIpc) is 2.59. The third-order valence-electron chi connectivity index (χ3n) is 3.56. The van der Waals surface area contributed by atoms with E-state index in [1.807, 2.05) is 19.1 Å². The number of amides is 1. The Morgan fingerprint density at radius 1 is 1.08 bits per heavy atom. The van der Waals surface area contributed by atoms with Crippen molar-refractivity contribution in [2.45, 2.75) is 33.1 Å². The largest absolute Gasteiger partial charge is 0.416 e. The maximum absolute atomic E-state index is 12.5. The molecule has 0 aliphatic rings. The standard InChI is InChI=1S/C19H19F3N2O2/c1-3-18(15-6-10-17(11-7-15)23-13(2)25)24-26-12-14-4-8-16(9-5-14)19(20,21)22/h4-11H,3,12H2,1-2H3,(H,23,25). The summed E-state index contributed by atoms with van der Waals surface area (Å²) in [7, 11) is 0. The number of benzene rings is 2. The number of alkyl halides is 3. The number of rotatable bonds is 6. The lowest BCUT2D eigenvalue weighted by Crippen LogP contribution is -2.06. The van der Waals surface area contributed by atoms with E-state index >= 15 is 0 Å². The van der Waals surface area contributed by atoms with Crippen LogP contribution in [0.25, 0.3) is 0 Å². The minimum Gasteiger partial charge on any atom is -0.391 e. The summed E-state index contributed by atoms with van der Waals surface area (Å²) in [6, 6.07) is 11.9. The van der Waals surface area contributed by atoms with Gasteiger partial charge in [0.25, 0.3) is 0 Å². The van der Waals surface area contributed by atoms with Crippen molar-refractivity contribution in [2.75, 3.05) is 5.32 Å². The van der Waals surface area contributed by atoms with Crippen LogP contribution in [-0.2, 0) is 22.4 Å². The molecule has 0 aromatic heterocycles. The molecule has 0 unspecified atom stereocenters. The van der Waals surface area contributed by atoms with Crippen molar-refractivity contribution < 1.29 is 22.8 Å². The van der Waals surface area contributed by atoms with E-state index in [0.717, 1.165) is 17.7 Å². The first-order chi connectivity index (χ1) is 12.3. The Balaban J connectivity index is 2.00. The van der Waals surface area contributed by atoms with Crippen LogP contribution < -0.4 is 5.32 Å². The number of oxime groups is 1. The van der Waals surface area contributed by atoms with Gasteiger partial charge in [0, 0.05) is 12.6 Å². The molecule has 26 heavy (non-hydrogen) atoms. The Kier molecular flexibility index (Phi) is 6.38.